The number of nitrogens with two attached hydrogens (primary N) is 1. The summed E-state index contributed by atoms with van der Waals surface area (Å²) >= 11 is 1.71. The van der Waals surface area contributed by atoms with E-state index in [0.29, 0.717) is 18.4 Å². The lowest BCUT2D eigenvalue weighted by Gasteiger charge is -2.23. The normalized spacial score (nSPS) is 17.9. The van der Waals surface area contributed by atoms with E-state index in [0.717, 1.165) is 19.3 Å². The van der Waals surface area contributed by atoms with Crippen molar-refractivity contribution in [3.05, 3.63) is 57.8 Å². The molecule has 1 amide bonds. The van der Waals surface area contributed by atoms with E-state index in [1.54, 1.807) is 11.3 Å². The van der Waals surface area contributed by atoms with Gasteiger partial charge < -0.3 is 10.6 Å². The zero-order valence-electron chi connectivity index (χ0n) is 16.9. The lowest BCUT2D eigenvalue weighted by Crippen LogP contribution is -2.88. The smallest absolute Gasteiger partial charge is 0.276 e. The maximum atomic E-state index is 12.5. The highest BCUT2D eigenvalue weighted by atomic mass is 32.1. The number of rotatable bonds is 9. The summed E-state index contributed by atoms with van der Waals surface area (Å²) in [4.78, 5) is 13.8. The van der Waals surface area contributed by atoms with Crippen molar-refractivity contribution in [3.63, 3.8) is 0 Å². The molecule has 0 unspecified atom stereocenters. The van der Waals surface area contributed by atoms with Crippen LogP contribution in [0.5, 0.6) is 0 Å². The Kier molecular flexibility index (Phi) is 6.53. The fraction of sp³-hybridized carbons (Fsp3) is 0.478. The van der Waals surface area contributed by atoms with Crippen LogP contribution in [0, 0.1) is 17.2 Å². The van der Waals surface area contributed by atoms with Gasteiger partial charge in [-0.15, -0.1) is 11.3 Å². The molecule has 0 aliphatic heterocycles. The maximum Gasteiger partial charge on any atom is 0.276 e. The van der Waals surface area contributed by atoms with E-state index in [4.69, 9.17) is 0 Å². The van der Waals surface area contributed by atoms with Crippen LogP contribution >= 0.6 is 11.3 Å². The highest BCUT2D eigenvalue weighted by Crippen LogP contribution is 2.39. The van der Waals surface area contributed by atoms with Crippen molar-refractivity contribution in [2.75, 3.05) is 6.54 Å². The van der Waals surface area contributed by atoms with Crippen LogP contribution in [0.2, 0.25) is 0 Å². The molecule has 0 bridgehead atoms. The quantitative estimate of drug-likeness (QED) is 0.678. The Bertz CT molecular complexity index is 821. The van der Waals surface area contributed by atoms with Gasteiger partial charge in [0, 0.05) is 5.56 Å². The average Bonchev–Trinajstić information content (AvgIpc) is 3.45. The summed E-state index contributed by atoms with van der Waals surface area (Å²) in [6, 6.07) is 15.3. The molecule has 1 heterocycles. The molecule has 3 rings (SSSR count). The molecular weight excluding hydrogens is 366 g/mol. The Morgan fingerprint density at radius 2 is 2.00 bits per heavy atom. The number of hydrogen-bond acceptors (Lipinski definition) is 3. The van der Waals surface area contributed by atoms with E-state index in [-0.39, 0.29) is 11.9 Å². The van der Waals surface area contributed by atoms with Gasteiger partial charge in [0.1, 0.15) is 11.6 Å². The van der Waals surface area contributed by atoms with Gasteiger partial charge in [-0.25, -0.2) is 0 Å². The first-order chi connectivity index (χ1) is 13.5. The van der Waals surface area contributed by atoms with Crippen LogP contribution in [-0.4, -0.2) is 18.0 Å². The van der Waals surface area contributed by atoms with Crippen LogP contribution < -0.4 is 10.6 Å². The van der Waals surface area contributed by atoms with Crippen LogP contribution in [0.4, 0.5) is 0 Å². The molecule has 1 aromatic heterocycles. The number of carbonyl (C=O) groups excluding carboxylic acids is 1. The molecule has 1 aromatic carbocycles. The number of benzene rings is 1. The molecule has 0 saturated heterocycles. The van der Waals surface area contributed by atoms with Crippen molar-refractivity contribution < 1.29 is 10.1 Å². The second-order valence-corrected chi connectivity index (χ2v) is 9.02. The lowest BCUT2D eigenvalue weighted by atomic mass is 9.95. The Balaban J connectivity index is 1.69. The van der Waals surface area contributed by atoms with Gasteiger partial charge in [0.2, 0.25) is 0 Å². The molecule has 4 nitrogen and oxygen atoms in total. The molecule has 2 aromatic rings. The van der Waals surface area contributed by atoms with Gasteiger partial charge in [0.05, 0.1) is 10.9 Å². The van der Waals surface area contributed by atoms with Gasteiger partial charge in [0.25, 0.3) is 5.91 Å². The van der Waals surface area contributed by atoms with E-state index in [1.165, 1.54) is 16.0 Å². The number of quaternary nitrogens is 1. The minimum absolute atomic E-state index is 0.0752. The number of nitrogens with one attached hydrogen (secondary N) is 1. The summed E-state index contributed by atoms with van der Waals surface area (Å²) in [5, 5.41) is 16.6. The molecule has 148 valence electrons. The lowest BCUT2D eigenvalue weighted by molar-refractivity contribution is -0.676. The van der Waals surface area contributed by atoms with E-state index < -0.39 is 5.54 Å². The number of carbonyl (C=O) groups is 1. The van der Waals surface area contributed by atoms with Gasteiger partial charge in [-0.1, -0.05) is 44.2 Å². The second kappa shape index (κ2) is 8.89. The third-order valence-corrected chi connectivity index (χ3v) is 6.85. The highest BCUT2D eigenvalue weighted by molar-refractivity contribution is 7.10. The van der Waals surface area contributed by atoms with Crippen LogP contribution in [0.15, 0.2) is 41.8 Å². The number of nitriles is 1. The topological polar surface area (TPSA) is 69.5 Å². The molecule has 5 heteroatoms. The Morgan fingerprint density at radius 3 is 2.54 bits per heavy atom. The highest BCUT2D eigenvalue weighted by Gasteiger charge is 2.43. The third-order valence-electron chi connectivity index (χ3n) is 5.89. The first kappa shape index (κ1) is 20.6. The van der Waals surface area contributed by atoms with E-state index in [2.05, 4.69) is 66.3 Å². The molecule has 28 heavy (non-hydrogen) atoms. The largest absolute Gasteiger partial charge is 0.333 e. The van der Waals surface area contributed by atoms with E-state index in [1.807, 2.05) is 13.0 Å². The van der Waals surface area contributed by atoms with Crippen molar-refractivity contribution in [1.29, 1.82) is 5.26 Å². The molecule has 1 saturated carbocycles. The minimum atomic E-state index is -0.735. The number of nitrogens with zero attached hydrogens (tertiary/aromatic N) is 1. The van der Waals surface area contributed by atoms with Gasteiger partial charge in [0.15, 0.2) is 6.54 Å². The van der Waals surface area contributed by atoms with Gasteiger partial charge in [-0.3, -0.25) is 4.79 Å². The number of hydrogen-bond donors (Lipinski definition) is 2. The zero-order chi connectivity index (χ0) is 20.1. The fourth-order valence-electron chi connectivity index (χ4n) is 3.60. The van der Waals surface area contributed by atoms with Crippen LogP contribution in [0.25, 0.3) is 0 Å². The second-order valence-electron chi connectivity index (χ2n) is 8.05. The summed E-state index contributed by atoms with van der Waals surface area (Å²) in [7, 11) is 0. The molecule has 0 spiro atoms. The average molecular weight is 397 g/mol. The minimum Gasteiger partial charge on any atom is -0.333 e. The van der Waals surface area contributed by atoms with Crippen molar-refractivity contribution in [2.24, 2.45) is 5.92 Å². The monoisotopic (exact) mass is 396 g/mol. The van der Waals surface area contributed by atoms with Gasteiger partial charge >= 0.3 is 0 Å². The van der Waals surface area contributed by atoms with Crippen molar-refractivity contribution in [3.8, 4) is 6.07 Å². The first-order valence-electron chi connectivity index (χ1n) is 10.2. The van der Waals surface area contributed by atoms with Crippen molar-refractivity contribution in [1.82, 2.24) is 5.32 Å². The third kappa shape index (κ3) is 4.81. The van der Waals surface area contributed by atoms with Gasteiger partial charge in [-0.05, 0) is 55.0 Å². The number of amides is 1. The summed E-state index contributed by atoms with van der Waals surface area (Å²) in [5.41, 5.74) is 1.82. The SMILES string of the molecule is CC[C@@H](C)c1ccc([C@H]([NH2+]CC(=O)N[C@@](C)(C#N)C2CC2)c2cccs2)cc1. The molecule has 1 fully saturated rings. The predicted molar refractivity (Wildman–Crippen MR) is 113 cm³/mol. The maximum absolute atomic E-state index is 12.5. The van der Waals surface area contributed by atoms with Crippen molar-refractivity contribution >= 4 is 17.2 Å². The van der Waals surface area contributed by atoms with Gasteiger partial charge in [-0.2, -0.15) is 5.26 Å². The molecule has 1 aliphatic carbocycles. The predicted octanol–water partition coefficient (Wildman–Crippen LogP) is 3.72. The molecule has 3 N–H and O–H groups in total. The Hall–Kier alpha value is -2.16. The summed E-state index contributed by atoms with van der Waals surface area (Å²) in [6.45, 7) is 6.59. The van der Waals surface area contributed by atoms with Crippen LogP contribution in [-0.2, 0) is 4.79 Å². The number of thiophene rings is 1. The van der Waals surface area contributed by atoms with E-state index in [9.17, 15) is 10.1 Å². The fourth-order valence-corrected chi connectivity index (χ4v) is 4.45. The summed E-state index contributed by atoms with van der Waals surface area (Å²) in [5.74, 6) is 0.770. The van der Waals surface area contributed by atoms with Crippen molar-refractivity contribution in [2.45, 2.75) is 57.5 Å². The van der Waals surface area contributed by atoms with Crippen LogP contribution in [0.1, 0.15) is 68.0 Å². The summed E-state index contributed by atoms with van der Waals surface area (Å²) < 4.78 is 0. The molecule has 1 aliphatic rings. The molecule has 0 radical (unpaired) electrons. The summed E-state index contributed by atoms with van der Waals surface area (Å²) in [6.07, 6.45) is 3.17. The van der Waals surface area contributed by atoms with Crippen LogP contribution in [0.3, 0.4) is 0 Å². The van der Waals surface area contributed by atoms with E-state index >= 15 is 0 Å². The molecular formula is C23H30N3OS+. The molecule has 3 atom stereocenters. The zero-order valence-corrected chi connectivity index (χ0v) is 17.8. The first-order valence-corrected chi connectivity index (χ1v) is 11.0. The Morgan fingerprint density at radius 1 is 1.32 bits per heavy atom. The Labute approximate surface area is 172 Å². The standard InChI is InChI=1S/C23H29N3OS/c1-4-16(2)17-7-9-18(10-8-17)22(20-6-5-13-28-20)25-14-21(27)26-23(3,15-24)19-11-12-19/h5-10,13,16,19,22,25H,4,11-12,14H2,1-3H3,(H,26,27)/p+1/t16-,22+,23+/m1/s1.